The van der Waals surface area contributed by atoms with Crippen molar-refractivity contribution in [3.05, 3.63) is 65.6 Å². The molecule has 1 aliphatic rings. The zero-order valence-corrected chi connectivity index (χ0v) is 19.8. The van der Waals surface area contributed by atoms with Crippen LogP contribution in [0.4, 0.5) is 0 Å². The molecule has 9 nitrogen and oxygen atoms in total. The van der Waals surface area contributed by atoms with Crippen molar-refractivity contribution < 1.29 is 13.2 Å². The number of aromatic nitrogens is 4. The molecular weight excluding hydrogens is 460 g/mol. The molecule has 3 aromatic heterocycles. The van der Waals surface area contributed by atoms with Crippen molar-refractivity contribution in [3.63, 3.8) is 0 Å². The first-order valence-corrected chi connectivity index (χ1v) is 12.7. The van der Waals surface area contributed by atoms with Gasteiger partial charge in [-0.05, 0) is 44.2 Å². The third-order valence-corrected chi connectivity index (χ3v) is 8.41. The summed E-state index contributed by atoms with van der Waals surface area (Å²) in [6, 6.07) is 12.5. The monoisotopic (exact) mass is 482 g/mol. The number of amides is 1. The van der Waals surface area contributed by atoms with E-state index in [0.29, 0.717) is 29.7 Å². The standard InChI is InChI=1S/C22H22N6O3S2/c1-15-14-17(16(2)28(15)20-8-3-4-9-23-20)22(29)26-10-12-27(13-11-26)33(30,31)19-7-5-6-18-21(19)25-32-24-18/h3-9,14H,10-13H2,1-2H3. The summed E-state index contributed by atoms with van der Waals surface area (Å²) in [5.74, 6) is 0.654. The van der Waals surface area contributed by atoms with Gasteiger partial charge in [-0.1, -0.05) is 12.1 Å². The van der Waals surface area contributed by atoms with E-state index in [9.17, 15) is 13.2 Å². The van der Waals surface area contributed by atoms with Gasteiger partial charge in [-0.25, -0.2) is 13.4 Å². The van der Waals surface area contributed by atoms with Crippen LogP contribution in [0, 0.1) is 13.8 Å². The predicted octanol–water partition coefficient (Wildman–Crippen LogP) is 2.64. The van der Waals surface area contributed by atoms with Gasteiger partial charge in [0.15, 0.2) is 0 Å². The van der Waals surface area contributed by atoms with E-state index in [1.54, 1.807) is 29.3 Å². The van der Waals surface area contributed by atoms with E-state index in [2.05, 4.69) is 13.7 Å². The summed E-state index contributed by atoms with van der Waals surface area (Å²) in [6.45, 7) is 4.92. The summed E-state index contributed by atoms with van der Waals surface area (Å²) in [5, 5.41) is 0. The molecule has 170 valence electrons. The van der Waals surface area contributed by atoms with E-state index in [1.165, 1.54) is 4.31 Å². The van der Waals surface area contributed by atoms with Crippen LogP contribution in [-0.2, 0) is 10.0 Å². The number of aryl methyl sites for hydroxylation is 1. The summed E-state index contributed by atoms with van der Waals surface area (Å²) in [4.78, 5) is 19.6. The number of hydrogen-bond acceptors (Lipinski definition) is 7. The molecular formula is C22H22N6O3S2. The third kappa shape index (κ3) is 3.71. The van der Waals surface area contributed by atoms with E-state index in [1.807, 2.05) is 42.7 Å². The van der Waals surface area contributed by atoms with Gasteiger partial charge in [0, 0.05) is 43.8 Å². The van der Waals surface area contributed by atoms with Crippen molar-refractivity contribution in [2.45, 2.75) is 18.7 Å². The molecule has 0 atom stereocenters. The minimum atomic E-state index is -3.73. The van der Waals surface area contributed by atoms with Crippen LogP contribution in [0.5, 0.6) is 0 Å². The summed E-state index contributed by atoms with van der Waals surface area (Å²) < 4.78 is 38.2. The summed E-state index contributed by atoms with van der Waals surface area (Å²) in [6.07, 6.45) is 1.72. The van der Waals surface area contributed by atoms with Gasteiger partial charge in [-0.15, -0.1) is 0 Å². The lowest BCUT2D eigenvalue weighted by Crippen LogP contribution is -2.50. The smallest absolute Gasteiger partial charge is 0.255 e. The second kappa shape index (κ2) is 8.32. The average Bonchev–Trinajstić information content (AvgIpc) is 3.43. The van der Waals surface area contributed by atoms with Crippen molar-refractivity contribution >= 4 is 38.7 Å². The molecule has 0 unspecified atom stereocenters. The number of hydrogen-bond donors (Lipinski definition) is 0. The second-order valence-corrected chi connectivity index (χ2v) is 10.3. The van der Waals surface area contributed by atoms with Gasteiger partial charge in [0.1, 0.15) is 21.7 Å². The number of carbonyl (C=O) groups is 1. The van der Waals surface area contributed by atoms with Crippen LogP contribution < -0.4 is 0 Å². The molecule has 0 aliphatic carbocycles. The van der Waals surface area contributed by atoms with Crippen LogP contribution >= 0.6 is 11.7 Å². The highest BCUT2D eigenvalue weighted by Gasteiger charge is 2.33. The van der Waals surface area contributed by atoms with Crippen LogP contribution in [-0.4, -0.2) is 68.0 Å². The maximum absolute atomic E-state index is 13.3. The highest BCUT2D eigenvalue weighted by atomic mass is 32.2. The predicted molar refractivity (Wildman–Crippen MR) is 125 cm³/mol. The maximum atomic E-state index is 13.3. The largest absolute Gasteiger partial charge is 0.336 e. The van der Waals surface area contributed by atoms with Crippen LogP contribution in [0.2, 0.25) is 0 Å². The Morgan fingerprint density at radius 2 is 1.79 bits per heavy atom. The number of nitrogens with zero attached hydrogens (tertiary/aromatic N) is 6. The first-order chi connectivity index (χ1) is 15.9. The number of piperazine rings is 1. The fourth-order valence-electron chi connectivity index (χ4n) is 4.25. The number of fused-ring (bicyclic) bond motifs is 1. The van der Waals surface area contributed by atoms with Gasteiger partial charge in [0.05, 0.1) is 17.3 Å². The van der Waals surface area contributed by atoms with Crippen molar-refractivity contribution in [2.24, 2.45) is 0 Å². The first kappa shape index (κ1) is 21.7. The minimum absolute atomic E-state index is 0.104. The fraction of sp³-hybridized carbons (Fsp3) is 0.273. The van der Waals surface area contributed by atoms with Crippen LogP contribution in [0.15, 0.2) is 53.6 Å². The quantitative estimate of drug-likeness (QED) is 0.443. The van der Waals surface area contributed by atoms with Crippen molar-refractivity contribution in [1.82, 2.24) is 27.5 Å². The number of sulfonamides is 1. The second-order valence-electron chi connectivity index (χ2n) is 7.89. The van der Waals surface area contributed by atoms with Gasteiger partial charge >= 0.3 is 0 Å². The van der Waals surface area contributed by atoms with E-state index in [4.69, 9.17) is 0 Å². The first-order valence-electron chi connectivity index (χ1n) is 10.5. The Morgan fingerprint density at radius 1 is 1.00 bits per heavy atom. The van der Waals surface area contributed by atoms with E-state index >= 15 is 0 Å². The number of benzene rings is 1. The number of rotatable bonds is 4. The fourth-order valence-corrected chi connectivity index (χ4v) is 6.42. The molecule has 33 heavy (non-hydrogen) atoms. The van der Waals surface area contributed by atoms with Crippen LogP contribution in [0.25, 0.3) is 16.9 Å². The Labute approximate surface area is 195 Å². The molecule has 1 amide bonds. The van der Waals surface area contributed by atoms with Gasteiger partial charge in [0.2, 0.25) is 10.0 Å². The molecule has 4 heterocycles. The third-order valence-electron chi connectivity index (χ3n) is 5.93. The van der Waals surface area contributed by atoms with E-state index in [0.717, 1.165) is 28.9 Å². The Hall–Kier alpha value is -3.15. The summed E-state index contributed by atoms with van der Waals surface area (Å²) >= 11 is 0.992. The van der Waals surface area contributed by atoms with E-state index in [-0.39, 0.29) is 23.9 Å². The highest BCUT2D eigenvalue weighted by molar-refractivity contribution is 7.89. The topological polar surface area (TPSA) is 101 Å². The lowest BCUT2D eigenvalue weighted by atomic mass is 10.2. The number of pyridine rings is 1. The normalized spacial score (nSPS) is 15.3. The Kier molecular flexibility index (Phi) is 5.47. The average molecular weight is 483 g/mol. The zero-order valence-electron chi connectivity index (χ0n) is 18.2. The van der Waals surface area contributed by atoms with E-state index < -0.39 is 10.0 Å². The molecule has 0 radical (unpaired) electrons. The Bertz CT molecular complexity index is 1440. The van der Waals surface area contributed by atoms with Crippen LogP contribution in [0.3, 0.4) is 0 Å². The lowest BCUT2D eigenvalue weighted by Gasteiger charge is -2.34. The molecule has 4 aromatic rings. The molecule has 0 N–H and O–H groups in total. The Morgan fingerprint density at radius 3 is 2.52 bits per heavy atom. The molecule has 1 aliphatic heterocycles. The molecule has 11 heteroatoms. The van der Waals surface area contributed by atoms with Crippen molar-refractivity contribution in [2.75, 3.05) is 26.2 Å². The van der Waals surface area contributed by atoms with Crippen molar-refractivity contribution in [3.8, 4) is 5.82 Å². The SMILES string of the molecule is Cc1cc(C(=O)N2CCN(S(=O)(=O)c3cccc4nsnc34)CC2)c(C)n1-c1ccccn1. The van der Waals surface area contributed by atoms with Gasteiger partial charge in [-0.2, -0.15) is 13.1 Å². The van der Waals surface area contributed by atoms with Crippen molar-refractivity contribution in [1.29, 1.82) is 0 Å². The summed E-state index contributed by atoms with van der Waals surface area (Å²) in [5.41, 5.74) is 3.29. The molecule has 0 saturated carbocycles. The molecule has 0 spiro atoms. The maximum Gasteiger partial charge on any atom is 0.255 e. The minimum Gasteiger partial charge on any atom is -0.336 e. The van der Waals surface area contributed by atoms with Gasteiger partial charge in [-0.3, -0.25) is 4.79 Å². The van der Waals surface area contributed by atoms with Gasteiger partial charge in [0.25, 0.3) is 5.91 Å². The Balaban J connectivity index is 1.35. The molecule has 1 fully saturated rings. The highest BCUT2D eigenvalue weighted by Crippen LogP contribution is 2.26. The number of carbonyl (C=O) groups excluding carboxylic acids is 1. The summed E-state index contributed by atoms with van der Waals surface area (Å²) in [7, 11) is -3.73. The molecule has 0 bridgehead atoms. The molecule has 5 rings (SSSR count). The molecule has 1 saturated heterocycles. The van der Waals surface area contributed by atoms with Gasteiger partial charge < -0.3 is 9.47 Å². The molecule has 1 aromatic carbocycles. The zero-order chi connectivity index (χ0) is 23.2. The van der Waals surface area contributed by atoms with Crippen LogP contribution in [0.1, 0.15) is 21.7 Å². The lowest BCUT2D eigenvalue weighted by molar-refractivity contribution is 0.0697.